The van der Waals surface area contributed by atoms with Crippen molar-refractivity contribution in [2.75, 3.05) is 6.54 Å². The summed E-state index contributed by atoms with van der Waals surface area (Å²) in [6, 6.07) is 15.7. The van der Waals surface area contributed by atoms with Crippen molar-refractivity contribution in [3.63, 3.8) is 0 Å². The van der Waals surface area contributed by atoms with Crippen LogP contribution >= 0.6 is 0 Å². The van der Waals surface area contributed by atoms with Crippen LogP contribution in [-0.4, -0.2) is 11.5 Å². The lowest BCUT2D eigenvalue weighted by molar-refractivity contribution is 0.680. The summed E-state index contributed by atoms with van der Waals surface area (Å²) >= 11 is 0. The first-order chi connectivity index (χ1) is 8.88. The van der Waals surface area contributed by atoms with Crippen molar-refractivity contribution in [1.82, 2.24) is 10.3 Å². The summed E-state index contributed by atoms with van der Waals surface area (Å²) in [6.07, 6.45) is 2.74. The van der Waals surface area contributed by atoms with Crippen LogP contribution in [0.5, 0.6) is 0 Å². The fourth-order valence-electron chi connectivity index (χ4n) is 1.69. The van der Waals surface area contributed by atoms with Crippen molar-refractivity contribution in [3.8, 4) is 6.07 Å². The van der Waals surface area contributed by atoms with E-state index >= 15 is 0 Å². The number of rotatable bonds is 5. The summed E-state index contributed by atoms with van der Waals surface area (Å²) in [5.41, 5.74) is 2.99. The quantitative estimate of drug-likeness (QED) is 0.812. The third-order valence-corrected chi connectivity index (χ3v) is 2.70. The van der Waals surface area contributed by atoms with Gasteiger partial charge in [-0.3, -0.25) is 4.98 Å². The molecule has 0 saturated carbocycles. The van der Waals surface area contributed by atoms with E-state index in [1.165, 1.54) is 5.56 Å². The molecule has 2 aromatic rings. The largest absolute Gasteiger partial charge is 0.312 e. The van der Waals surface area contributed by atoms with Gasteiger partial charge >= 0.3 is 0 Å². The van der Waals surface area contributed by atoms with E-state index in [2.05, 4.69) is 16.4 Å². The zero-order valence-electron chi connectivity index (χ0n) is 10.1. The Labute approximate surface area is 107 Å². The van der Waals surface area contributed by atoms with E-state index in [1.807, 2.05) is 48.7 Å². The number of aromatic nitrogens is 1. The van der Waals surface area contributed by atoms with E-state index in [-0.39, 0.29) is 0 Å². The topological polar surface area (TPSA) is 48.7 Å². The highest BCUT2D eigenvalue weighted by atomic mass is 14.8. The van der Waals surface area contributed by atoms with Crippen LogP contribution < -0.4 is 5.32 Å². The highest BCUT2D eigenvalue weighted by Gasteiger charge is 1.95. The molecule has 0 fully saturated rings. The van der Waals surface area contributed by atoms with Gasteiger partial charge in [0.15, 0.2) is 0 Å². The zero-order chi connectivity index (χ0) is 12.6. The lowest BCUT2D eigenvalue weighted by Gasteiger charge is -2.04. The maximum Gasteiger partial charge on any atom is 0.0991 e. The normalized spacial score (nSPS) is 9.94. The van der Waals surface area contributed by atoms with Crippen LogP contribution in [0.15, 0.2) is 48.7 Å². The summed E-state index contributed by atoms with van der Waals surface area (Å²) in [4.78, 5) is 4.27. The molecule has 0 saturated heterocycles. The third-order valence-electron chi connectivity index (χ3n) is 2.70. The molecule has 0 aliphatic carbocycles. The van der Waals surface area contributed by atoms with Crippen LogP contribution in [0.2, 0.25) is 0 Å². The maximum atomic E-state index is 8.70. The molecule has 0 radical (unpaired) electrons. The molecule has 0 spiro atoms. The van der Waals surface area contributed by atoms with Crippen LogP contribution in [0.1, 0.15) is 16.8 Å². The molecule has 90 valence electrons. The second-order valence-electron chi connectivity index (χ2n) is 4.06. The summed E-state index contributed by atoms with van der Waals surface area (Å²) in [6.45, 7) is 1.72. The maximum absolute atomic E-state index is 8.70. The second kappa shape index (κ2) is 6.53. The van der Waals surface area contributed by atoms with Crippen LogP contribution in [0.25, 0.3) is 0 Å². The predicted octanol–water partition coefficient (Wildman–Crippen LogP) is 2.29. The molecule has 3 nitrogen and oxygen atoms in total. The number of benzene rings is 1. The average molecular weight is 237 g/mol. The highest BCUT2D eigenvalue weighted by Crippen LogP contribution is 2.02. The molecule has 0 aliphatic rings. The van der Waals surface area contributed by atoms with E-state index in [9.17, 15) is 0 Å². The molecule has 1 aromatic carbocycles. The summed E-state index contributed by atoms with van der Waals surface area (Å²) < 4.78 is 0. The Kier molecular flexibility index (Phi) is 4.46. The number of pyridine rings is 1. The molecule has 0 unspecified atom stereocenters. The Morgan fingerprint density at radius 1 is 1.11 bits per heavy atom. The first kappa shape index (κ1) is 12.3. The van der Waals surface area contributed by atoms with Crippen molar-refractivity contribution in [1.29, 1.82) is 5.26 Å². The van der Waals surface area contributed by atoms with Gasteiger partial charge in [-0.1, -0.05) is 18.2 Å². The van der Waals surface area contributed by atoms with Gasteiger partial charge in [-0.25, -0.2) is 0 Å². The predicted molar refractivity (Wildman–Crippen MR) is 70.8 cm³/mol. The van der Waals surface area contributed by atoms with Crippen molar-refractivity contribution >= 4 is 0 Å². The number of hydrogen-bond acceptors (Lipinski definition) is 3. The number of hydrogen-bond donors (Lipinski definition) is 1. The highest BCUT2D eigenvalue weighted by molar-refractivity contribution is 5.31. The minimum Gasteiger partial charge on any atom is -0.312 e. The summed E-state index contributed by atoms with van der Waals surface area (Å²) in [7, 11) is 0. The number of nitrogens with zero attached hydrogens (tertiary/aromatic N) is 2. The van der Waals surface area contributed by atoms with Crippen LogP contribution in [0.3, 0.4) is 0 Å². The van der Waals surface area contributed by atoms with E-state index in [0.717, 1.165) is 25.2 Å². The van der Waals surface area contributed by atoms with Gasteiger partial charge in [0.1, 0.15) is 0 Å². The number of nitriles is 1. The average Bonchev–Trinajstić information content (AvgIpc) is 2.45. The van der Waals surface area contributed by atoms with Gasteiger partial charge < -0.3 is 5.32 Å². The molecule has 0 bridgehead atoms. The van der Waals surface area contributed by atoms with E-state index < -0.39 is 0 Å². The Morgan fingerprint density at radius 2 is 1.94 bits per heavy atom. The molecule has 0 atom stereocenters. The standard InChI is InChI=1S/C15H15N3/c16-11-13-4-6-14(7-5-13)12-17-10-8-15-3-1-2-9-18-15/h1-7,9,17H,8,10,12H2. The molecule has 18 heavy (non-hydrogen) atoms. The van der Waals surface area contributed by atoms with Gasteiger partial charge in [0, 0.05) is 31.4 Å². The molecule has 3 heteroatoms. The van der Waals surface area contributed by atoms with Crippen molar-refractivity contribution < 1.29 is 0 Å². The Balaban J connectivity index is 1.74. The molecule has 1 heterocycles. The lowest BCUT2D eigenvalue weighted by atomic mass is 10.1. The van der Waals surface area contributed by atoms with E-state index in [1.54, 1.807) is 0 Å². The molecule has 0 aliphatic heterocycles. The minimum atomic E-state index is 0.701. The first-order valence-corrected chi connectivity index (χ1v) is 5.98. The fraction of sp³-hybridized carbons (Fsp3) is 0.200. The molecular formula is C15H15N3. The molecular weight excluding hydrogens is 222 g/mol. The lowest BCUT2D eigenvalue weighted by Crippen LogP contribution is -2.17. The Morgan fingerprint density at radius 3 is 2.61 bits per heavy atom. The van der Waals surface area contributed by atoms with Gasteiger partial charge in [0.05, 0.1) is 11.6 Å². The Hall–Kier alpha value is -2.18. The first-order valence-electron chi connectivity index (χ1n) is 5.98. The monoisotopic (exact) mass is 237 g/mol. The number of nitrogens with one attached hydrogen (secondary N) is 1. The summed E-state index contributed by atoms with van der Waals surface area (Å²) in [5.74, 6) is 0. The molecule has 1 N–H and O–H groups in total. The molecule has 0 amide bonds. The zero-order valence-corrected chi connectivity index (χ0v) is 10.1. The third kappa shape index (κ3) is 3.69. The van der Waals surface area contributed by atoms with Crippen molar-refractivity contribution in [2.24, 2.45) is 0 Å². The SMILES string of the molecule is N#Cc1ccc(CNCCc2ccccn2)cc1. The summed E-state index contributed by atoms with van der Waals surface area (Å²) in [5, 5.41) is 12.1. The minimum absolute atomic E-state index is 0.701. The molecule has 2 rings (SSSR count). The van der Waals surface area contributed by atoms with Crippen LogP contribution in [-0.2, 0) is 13.0 Å². The van der Waals surface area contributed by atoms with Gasteiger partial charge in [-0.2, -0.15) is 5.26 Å². The molecule has 1 aromatic heterocycles. The van der Waals surface area contributed by atoms with E-state index in [4.69, 9.17) is 5.26 Å². The van der Waals surface area contributed by atoms with Gasteiger partial charge in [-0.15, -0.1) is 0 Å². The smallest absolute Gasteiger partial charge is 0.0991 e. The van der Waals surface area contributed by atoms with Gasteiger partial charge in [0.2, 0.25) is 0 Å². The van der Waals surface area contributed by atoms with Crippen LogP contribution in [0.4, 0.5) is 0 Å². The van der Waals surface area contributed by atoms with Crippen molar-refractivity contribution in [2.45, 2.75) is 13.0 Å². The fourth-order valence-corrected chi connectivity index (χ4v) is 1.69. The van der Waals surface area contributed by atoms with Crippen molar-refractivity contribution in [3.05, 3.63) is 65.5 Å². The van der Waals surface area contributed by atoms with Gasteiger partial charge in [-0.05, 0) is 29.8 Å². The van der Waals surface area contributed by atoms with Gasteiger partial charge in [0.25, 0.3) is 0 Å². The van der Waals surface area contributed by atoms with E-state index in [0.29, 0.717) is 5.56 Å². The van der Waals surface area contributed by atoms with Crippen LogP contribution in [0, 0.1) is 11.3 Å². The second-order valence-corrected chi connectivity index (χ2v) is 4.06. The Bertz CT molecular complexity index is 512.